The number of hydrogen-bond donors (Lipinski definition) is 2. The van der Waals surface area contributed by atoms with Crippen LogP contribution in [-0.2, 0) is 16.2 Å². The Balaban J connectivity index is 1.54. The normalized spacial score (nSPS) is 16.8. The summed E-state index contributed by atoms with van der Waals surface area (Å²) in [5, 5.41) is 6.19. The minimum absolute atomic E-state index is 0.0211. The number of aryl methyl sites for hydroxylation is 1. The molecule has 1 atom stereocenters. The van der Waals surface area contributed by atoms with Crippen molar-refractivity contribution in [1.82, 2.24) is 10.3 Å². The second-order valence-electron chi connectivity index (χ2n) is 9.87. The molecule has 1 aliphatic heterocycles. The topological polar surface area (TPSA) is 89.5 Å². The summed E-state index contributed by atoms with van der Waals surface area (Å²) in [7, 11) is 1.50. The number of nitrogens with one attached hydrogen (secondary N) is 2. The van der Waals surface area contributed by atoms with Crippen LogP contribution in [0.15, 0.2) is 77.3 Å². The van der Waals surface area contributed by atoms with E-state index in [0.717, 1.165) is 29.8 Å². The minimum atomic E-state index is -0.821. The first-order valence-corrected chi connectivity index (χ1v) is 13.0. The number of ketones is 1. The SMILES string of the molecule is COc1ccc([C@@H]2C(C(=O)Nc3cc(C)ccn3)=C(C)NC3=C2C(=O)CCC3)cc1COc1ccc(F)cc1F. The Labute approximate surface area is 230 Å². The van der Waals surface area contributed by atoms with E-state index in [1.807, 2.05) is 26.0 Å². The van der Waals surface area contributed by atoms with E-state index < -0.39 is 17.6 Å². The lowest BCUT2D eigenvalue weighted by molar-refractivity contribution is -0.116. The molecular weight excluding hydrogens is 516 g/mol. The molecule has 9 heteroatoms. The number of ether oxygens (including phenoxy) is 2. The van der Waals surface area contributed by atoms with Crippen LogP contribution < -0.4 is 20.1 Å². The summed E-state index contributed by atoms with van der Waals surface area (Å²) in [6.45, 7) is 3.64. The number of pyridine rings is 1. The van der Waals surface area contributed by atoms with Crippen LogP contribution in [-0.4, -0.2) is 23.8 Å². The molecular formula is C31H29F2N3O4. The van der Waals surface area contributed by atoms with E-state index in [9.17, 15) is 18.4 Å². The zero-order valence-electron chi connectivity index (χ0n) is 22.4. The van der Waals surface area contributed by atoms with E-state index in [1.165, 1.54) is 13.2 Å². The number of anilines is 1. The number of hydrogen-bond acceptors (Lipinski definition) is 6. The van der Waals surface area contributed by atoms with Gasteiger partial charge >= 0.3 is 0 Å². The summed E-state index contributed by atoms with van der Waals surface area (Å²) < 4.78 is 38.7. The van der Waals surface area contributed by atoms with E-state index in [-0.39, 0.29) is 24.0 Å². The van der Waals surface area contributed by atoms with Gasteiger partial charge in [0.1, 0.15) is 24.0 Å². The second kappa shape index (κ2) is 11.3. The van der Waals surface area contributed by atoms with Crippen molar-refractivity contribution in [2.75, 3.05) is 12.4 Å². The van der Waals surface area contributed by atoms with Gasteiger partial charge in [-0.2, -0.15) is 0 Å². The quantitative estimate of drug-likeness (QED) is 0.387. The van der Waals surface area contributed by atoms with Crippen LogP contribution in [0.3, 0.4) is 0 Å². The van der Waals surface area contributed by atoms with Crippen LogP contribution in [0.5, 0.6) is 11.5 Å². The highest BCUT2D eigenvalue weighted by Gasteiger charge is 2.38. The largest absolute Gasteiger partial charge is 0.496 e. The van der Waals surface area contributed by atoms with Gasteiger partial charge in [0.05, 0.1) is 7.11 Å². The Morgan fingerprint density at radius 1 is 1.07 bits per heavy atom. The van der Waals surface area contributed by atoms with Gasteiger partial charge in [-0.3, -0.25) is 9.59 Å². The molecule has 0 fully saturated rings. The molecule has 2 aromatic carbocycles. The molecule has 1 aliphatic carbocycles. The predicted molar refractivity (Wildman–Crippen MR) is 146 cm³/mol. The van der Waals surface area contributed by atoms with Crippen LogP contribution in [0.4, 0.5) is 14.6 Å². The number of carbonyl (C=O) groups is 2. The maximum atomic E-state index is 14.2. The van der Waals surface area contributed by atoms with Crippen molar-refractivity contribution in [3.63, 3.8) is 0 Å². The molecule has 1 amide bonds. The number of rotatable bonds is 7. The molecule has 0 saturated heterocycles. The summed E-state index contributed by atoms with van der Waals surface area (Å²) in [5.41, 5.74) is 4.62. The van der Waals surface area contributed by atoms with Crippen LogP contribution in [0.1, 0.15) is 48.8 Å². The fourth-order valence-electron chi connectivity index (χ4n) is 5.24. The highest BCUT2D eigenvalue weighted by atomic mass is 19.1. The molecule has 3 aromatic rings. The predicted octanol–water partition coefficient (Wildman–Crippen LogP) is 5.86. The maximum Gasteiger partial charge on any atom is 0.255 e. The van der Waals surface area contributed by atoms with E-state index in [1.54, 1.807) is 24.4 Å². The monoisotopic (exact) mass is 545 g/mol. The lowest BCUT2D eigenvalue weighted by Gasteiger charge is -2.34. The Morgan fingerprint density at radius 3 is 2.62 bits per heavy atom. The van der Waals surface area contributed by atoms with Crippen molar-refractivity contribution in [2.24, 2.45) is 0 Å². The molecule has 0 bridgehead atoms. The molecule has 0 spiro atoms. The van der Waals surface area contributed by atoms with Crippen LogP contribution in [0.25, 0.3) is 0 Å². The van der Waals surface area contributed by atoms with Gasteiger partial charge in [0.2, 0.25) is 0 Å². The third kappa shape index (κ3) is 5.45. The van der Waals surface area contributed by atoms with Crippen molar-refractivity contribution in [3.8, 4) is 11.5 Å². The van der Waals surface area contributed by atoms with Gasteiger partial charge in [0.15, 0.2) is 17.3 Å². The van der Waals surface area contributed by atoms with Crippen molar-refractivity contribution in [2.45, 2.75) is 45.6 Å². The first-order chi connectivity index (χ1) is 19.2. The third-order valence-electron chi connectivity index (χ3n) is 7.09. The molecule has 206 valence electrons. The molecule has 40 heavy (non-hydrogen) atoms. The molecule has 2 N–H and O–H groups in total. The minimum Gasteiger partial charge on any atom is -0.496 e. The molecule has 2 aliphatic rings. The average molecular weight is 546 g/mol. The van der Waals surface area contributed by atoms with E-state index in [0.29, 0.717) is 52.4 Å². The van der Waals surface area contributed by atoms with Gasteiger partial charge in [-0.1, -0.05) is 6.07 Å². The first kappa shape index (κ1) is 27.1. The highest BCUT2D eigenvalue weighted by molar-refractivity contribution is 6.09. The Morgan fingerprint density at radius 2 is 1.88 bits per heavy atom. The number of allylic oxidation sites excluding steroid dienone is 3. The number of Topliss-reactive ketones (excluding diaryl/α,β-unsaturated/α-hetero) is 1. The van der Waals surface area contributed by atoms with Crippen molar-refractivity contribution < 1.29 is 27.8 Å². The molecule has 5 rings (SSSR count). The van der Waals surface area contributed by atoms with E-state index in [2.05, 4.69) is 15.6 Å². The summed E-state index contributed by atoms with van der Waals surface area (Å²) in [4.78, 5) is 31.3. The molecule has 1 aromatic heterocycles. The summed E-state index contributed by atoms with van der Waals surface area (Å²) in [5.74, 6) is -1.79. The molecule has 2 heterocycles. The first-order valence-electron chi connectivity index (χ1n) is 13.0. The van der Waals surface area contributed by atoms with Crippen molar-refractivity contribution in [1.29, 1.82) is 0 Å². The summed E-state index contributed by atoms with van der Waals surface area (Å²) in [6.07, 6.45) is 3.43. The number of dihydropyridines is 1. The van der Waals surface area contributed by atoms with Gasteiger partial charge in [0.25, 0.3) is 5.91 Å². The lowest BCUT2D eigenvalue weighted by Crippen LogP contribution is -2.35. The Kier molecular flexibility index (Phi) is 7.64. The van der Waals surface area contributed by atoms with Gasteiger partial charge in [-0.25, -0.2) is 13.8 Å². The number of aromatic nitrogens is 1. The third-order valence-corrected chi connectivity index (χ3v) is 7.09. The molecule has 0 radical (unpaired) electrons. The number of amides is 1. The number of carbonyl (C=O) groups excluding carboxylic acids is 2. The van der Waals surface area contributed by atoms with Crippen molar-refractivity contribution in [3.05, 3.63) is 106 Å². The lowest BCUT2D eigenvalue weighted by atomic mass is 9.74. The molecule has 7 nitrogen and oxygen atoms in total. The number of methoxy groups -OCH3 is 1. The summed E-state index contributed by atoms with van der Waals surface area (Å²) >= 11 is 0. The molecule has 0 unspecified atom stereocenters. The standard InChI is InChI=1S/C31H29F2N3O4/c1-17-11-12-34-27(13-17)36-31(38)28-18(2)35-23-5-4-6-24(37)30(23)29(28)19-7-9-25(39-3)20(14-19)16-40-26-10-8-21(32)15-22(26)33/h7-15,29,35H,4-6,16H2,1-3H3,(H,34,36,38)/t29-/m1/s1. The van der Waals surface area contributed by atoms with Crippen LogP contribution in [0, 0.1) is 18.6 Å². The Bertz CT molecular complexity index is 1560. The molecule has 0 saturated carbocycles. The zero-order valence-corrected chi connectivity index (χ0v) is 22.4. The van der Waals surface area contributed by atoms with Crippen LogP contribution in [0.2, 0.25) is 0 Å². The van der Waals surface area contributed by atoms with Gasteiger partial charge in [0, 0.05) is 52.7 Å². The average Bonchev–Trinajstić information content (AvgIpc) is 2.91. The number of benzene rings is 2. The zero-order chi connectivity index (χ0) is 28.4. The van der Waals surface area contributed by atoms with Gasteiger partial charge < -0.3 is 20.1 Å². The number of nitrogens with zero attached hydrogens (tertiary/aromatic N) is 1. The van der Waals surface area contributed by atoms with Crippen molar-refractivity contribution >= 4 is 17.5 Å². The van der Waals surface area contributed by atoms with E-state index >= 15 is 0 Å². The fourth-order valence-corrected chi connectivity index (χ4v) is 5.24. The van der Waals surface area contributed by atoms with Crippen LogP contribution >= 0.6 is 0 Å². The smallest absolute Gasteiger partial charge is 0.255 e. The number of halogens is 2. The second-order valence-corrected chi connectivity index (χ2v) is 9.87. The highest BCUT2D eigenvalue weighted by Crippen LogP contribution is 2.43. The Hall–Kier alpha value is -4.53. The maximum absolute atomic E-state index is 14.2. The fraction of sp³-hybridized carbons (Fsp3) is 0.258. The summed E-state index contributed by atoms with van der Waals surface area (Å²) in [6, 6.07) is 12.0. The van der Waals surface area contributed by atoms with E-state index in [4.69, 9.17) is 9.47 Å². The van der Waals surface area contributed by atoms with Gasteiger partial charge in [-0.15, -0.1) is 0 Å². The van der Waals surface area contributed by atoms with Gasteiger partial charge in [-0.05, 0) is 74.2 Å².